The van der Waals surface area contributed by atoms with E-state index in [0.29, 0.717) is 6.29 Å². The first kappa shape index (κ1) is 30.1. The van der Waals surface area contributed by atoms with Crippen LogP contribution in [0.15, 0.2) is 4.99 Å². The van der Waals surface area contributed by atoms with Crippen LogP contribution in [-0.4, -0.2) is 83.8 Å². The molecule has 0 aliphatic carbocycles. The number of aliphatic imine (C=N–C) groups is 1. The second-order valence-corrected chi connectivity index (χ2v) is 8.92. The fourth-order valence-corrected chi connectivity index (χ4v) is 3.44. The number of hydrogen-bond donors (Lipinski definition) is 8. The Morgan fingerprint density at radius 2 is 1.75 bits per heavy atom. The monoisotopic (exact) mass is 512 g/mol. The summed E-state index contributed by atoms with van der Waals surface area (Å²) in [4.78, 5) is 76.2. The number of nitrogens with zero attached hydrogens (tertiary/aromatic N) is 1. The Balaban J connectivity index is 3.10. The van der Waals surface area contributed by atoms with Crippen molar-refractivity contribution in [3.8, 4) is 0 Å². The molecule has 1 aliphatic rings. The zero-order valence-electron chi connectivity index (χ0n) is 20.6. The lowest BCUT2D eigenvalue weighted by Crippen LogP contribution is -2.64. The summed E-state index contributed by atoms with van der Waals surface area (Å²) in [6, 6.07) is -6.26. The standard InChI is InChI=1S/C21H36N8O7/c1-10(2)8-14(19(34)35)28-21(36)29-16(12-6-7-24-20(23)27-12)18(33)26-13(4-5-15(22)31)17(32)25-11(3)9-30/h9-14,16H,4-8H2,1-3H3,(H2,22,31)(H,25,32)(H,26,33)(H,34,35)(H3,23,24,27)(H2,28,29,36)/t11?,12?,13-,14-,16?/m0/s1. The largest absolute Gasteiger partial charge is 0.480 e. The van der Waals surface area contributed by atoms with E-state index in [9.17, 15) is 33.9 Å². The lowest BCUT2D eigenvalue weighted by Gasteiger charge is -2.32. The summed E-state index contributed by atoms with van der Waals surface area (Å²) in [5, 5.41) is 21.8. The molecule has 0 aromatic rings. The third-order valence-electron chi connectivity index (χ3n) is 5.22. The van der Waals surface area contributed by atoms with Crippen LogP contribution in [0.1, 0.15) is 46.5 Å². The van der Waals surface area contributed by atoms with Crippen LogP contribution in [-0.2, 0) is 24.0 Å². The van der Waals surface area contributed by atoms with Crippen LogP contribution >= 0.6 is 0 Å². The van der Waals surface area contributed by atoms with Crippen LogP contribution in [0.2, 0.25) is 0 Å². The van der Waals surface area contributed by atoms with Gasteiger partial charge in [0.15, 0.2) is 5.96 Å². The van der Waals surface area contributed by atoms with Crippen LogP contribution in [0.4, 0.5) is 4.79 Å². The number of aliphatic carboxylic acids is 1. The van der Waals surface area contributed by atoms with E-state index in [0.717, 1.165) is 0 Å². The van der Waals surface area contributed by atoms with Gasteiger partial charge in [-0.15, -0.1) is 0 Å². The summed E-state index contributed by atoms with van der Waals surface area (Å²) in [5.41, 5.74) is 10.9. The normalized spacial score (nSPS) is 18.3. The number of nitrogens with one attached hydrogen (secondary N) is 5. The molecule has 3 unspecified atom stereocenters. The number of carboxylic acid groups (broad SMARTS) is 1. The summed E-state index contributed by atoms with van der Waals surface area (Å²) in [6.45, 7) is 5.27. The van der Waals surface area contributed by atoms with Crippen molar-refractivity contribution in [3.05, 3.63) is 0 Å². The molecular formula is C21H36N8O7. The molecule has 0 saturated heterocycles. The molecule has 0 bridgehead atoms. The van der Waals surface area contributed by atoms with Crippen LogP contribution in [0.3, 0.4) is 0 Å². The molecule has 0 saturated carbocycles. The van der Waals surface area contributed by atoms with Gasteiger partial charge in [0.25, 0.3) is 0 Å². The first-order valence-corrected chi connectivity index (χ1v) is 11.5. The minimum atomic E-state index is -1.31. The number of carbonyl (C=O) groups excluding carboxylic acids is 5. The first-order valence-electron chi connectivity index (χ1n) is 11.5. The second-order valence-electron chi connectivity index (χ2n) is 8.92. The Morgan fingerprint density at radius 1 is 1.08 bits per heavy atom. The average Bonchev–Trinajstić information content (AvgIpc) is 2.78. The summed E-state index contributed by atoms with van der Waals surface area (Å²) in [7, 11) is 0. The number of aldehydes is 1. The molecule has 1 aliphatic heterocycles. The fourth-order valence-electron chi connectivity index (χ4n) is 3.44. The maximum atomic E-state index is 13.2. The van der Waals surface area contributed by atoms with Gasteiger partial charge in [0.2, 0.25) is 17.7 Å². The number of guanidine groups is 1. The highest BCUT2D eigenvalue weighted by molar-refractivity contribution is 5.94. The van der Waals surface area contributed by atoms with Crippen LogP contribution in [0.25, 0.3) is 0 Å². The van der Waals surface area contributed by atoms with Crippen LogP contribution in [0.5, 0.6) is 0 Å². The zero-order valence-corrected chi connectivity index (χ0v) is 20.6. The molecule has 0 aromatic carbocycles. The molecular weight excluding hydrogens is 476 g/mol. The second kappa shape index (κ2) is 14.5. The van der Waals surface area contributed by atoms with Gasteiger partial charge in [-0.1, -0.05) is 13.8 Å². The lowest BCUT2D eigenvalue weighted by molar-refractivity contribution is -0.139. The molecule has 0 radical (unpaired) electrons. The summed E-state index contributed by atoms with van der Waals surface area (Å²) in [6.07, 6.45) is 0.542. The van der Waals surface area contributed by atoms with Crippen molar-refractivity contribution < 1.29 is 33.9 Å². The molecule has 0 spiro atoms. The third-order valence-corrected chi connectivity index (χ3v) is 5.22. The van der Waals surface area contributed by atoms with E-state index >= 15 is 0 Å². The van der Waals surface area contributed by atoms with Gasteiger partial charge in [-0.25, -0.2) is 9.59 Å². The highest BCUT2D eigenvalue weighted by Crippen LogP contribution is 2.08. The van der Waals surface area contributed by atoms with Crippen molar-refractivity contribution in [2.75, 3.05) is 6.54 Å². The van der Waals surface area contributed by atoms with E-state index in [4.69, 9.17) is 11.5 Å². The Kier molecular flexibility index (Phi) is 12.1. The van der Waals surface area contributed by atoms with E-state index in [1.165, 1.54) is 6.92 Å². The van der Waals surface area contributed by atoms with Crippen molar-refractivity contribution in [2.45, 2.75) is 76.7 Å². The quantitative estimate of drug-likeness (QED) is 0.112. The van der Waals surface area contributed by atoms with Gasteiger partial charge in [0.05, 0.1) is 12.1 Å². The summed E-state index contributed by atoms with van der Waals surface area (Å²) < 4.78 is 0. The van der Waals surface area contributed by atoms with E-state index in [-0.39, 0.29) is 44.1 Å². The molecule has 15 nitrogen and oxygen atoms in total. The number of rotatable bonds is 14. The average molecular weight is 513 g/mol. The Labute approximate surface area is 208 Å². The van der Waals surface area contributed by atoms with Crippen molar-refractivity contribution in [1.82, 2.24) is 26.6 Å². The van der Waals surface area contributed by atoms with Crippen molar-refractivity contribution in [3.63, 3.8) is 0 Å². The van der Waals surface area contributed by atoms with E-state index in [1.54, 1.807) is 13.8 Å². The number of carbonyl (C=O) groups is 6. The van der Waals surface area contributed by atoms with Gasteiger partial charge in [-0.05, 0) is 32.1 Å². The van der Waals surface area contributed by atoms with E-state index in [1.807, 2.05) is 0 Å². The molecule has 5 atom stereocenters. The van der Waals surface area contributed by atoms with E-state index in [2.05, 4.69) is 31.6 Å². The molecule has 10 N–H and O–H groups in total. The highest BCUT2D eigenvalue weighted by atomic mass is 16.4. The molecule has 0 fully saturated rings. The molecule has 15 heteroatoms. The number of amides is 5. The predicted molar refractivity (Wildman–Crippen MR) is 128 cm³/mol. The molecule has 1 rings (SSSR count). The minimum Gasteiger partial charge on any atom is -0.480 e. The summed E-state index contributed by atoms with van der Waals surface area (Å²) in [5.74, 6) is -3.47. The lowest BCUT2D eigenvalue weighted by atomic mass is 10.0. The number of carboxylic acids is 1. The highest BCUT2D eigenvalue weighted by Gasteiger charge is 2.35. The van der Waals surface area contributed by atoms with Gasteiger partial charge < -0.3 is 48.0 Å². The number of hydrogen-bond acceptors (Lipinski definition) is 9. The van der Waals surface area contributed by atoms with Crippen molar-refractivity contribution in [1.29, 1.82) is 0 Å². The van der Waals surface area contributed by atoms with Crippen LogP contribution < -0.4 is 38.1 Å². The van der Waals surface area contributed by atoms with Gasteiger partial charge in [0, 0.05) is 13.0 Å². The molecule has 1 heterocycles. The molecule has 0 aromatic heterocycles. The van der Waals surface area contributed by atoms with Gasteiger partial charge in [-0.3, -0.25) is 19.4 Å². The van der Waals surface area contributed by atoms with Gasteiger partial charge in [0.1, 0.15) is 24.4 Å². The maximum Gasteiger partial charge on any atom is 0.326 e. The maximum absolute atomic E-state index is 13.2. The third kappa shape index (κ3) is 10.6. The molecule has 5 amide bonds. The first-order chi connectivity index (χ1) is 16.8. The smallest absolute Gasteiger partial charge is 0.326 e. The number of nitrogens with two attached hydrogens (primary N) is 2. The Morgan fingerprint density at radius 3 is 2.28 bits per heavy atom. The van der Waals surface area contributed by atoms with Crippen molar-refractivity contribution in [2.24, 2.45) is 22.4 Å². The topological polar surface area (TPSA) is 247 Å². The van der Waals surface area contributed by atoms with Gasteiger partial charge >= 0.3 is 12.0 Å². The minimum absolute atomic E-state index is 0.0280. The van der Waals surface area contributed by atoms with E-state index < -0.39 is 59.9 Å². The fraction of sp³-hybridized carbons (Fsp3) is 0.667. The van der Waals surface area contributed by atoms with Gasteiger partial charge in [-0.2, -0.15) is 0 Å². The van der Waals surface area contributed by atoms with Crippen molar-refractivity contribution >= 4 is 42.0 Å². The number of urea groups is 1. The summed E-state index contributed by atoms with van der Waals surface area (Å²) >= 11 is 0. The Bertz CT molecular complexity index is 863. The zero-order chi connectivity index (χ0) is 27.4. The predicted octanol–water partition coefficient (Wildman–Crippen LogP) is -2.72. The molecule has 202 valence electrons. The molecule has 36 heavy (non-hydrogen) atoms. The SMILES string of the molecule is CC(C)C[C@H](NC(=O)NC(C(=O)N[C@@H](CCC(N)=O)C(=O)NC(C)C=O)C1CCN=C(N)N1)C(=O)O. The number of primary amides is 1. The van der Waals surface area contributed by atoms with Crippen LogP contribution in [0, 0.1) is 5.92 Å². The Hall–Kier alpha value is -3.91.